The molecular formula is C7H9N2O. The molecule has 0 unspecified atom stereocenters. The number of aryl methyl sites for hydroxylation is 1. The number of rotatable bonds is 2. The van der Waals surface area contributed by atoms with Crippen LogP contribution >= 0.6 is 0 Å². The fourth-order valence-electron chi connectivity index (χ4n) is 0.775. The summed E-state index contributed by atoms with van der Waals surface area (Å²) >= 11 is 0. The minimum atomic E-state index is -0.151. The van der Waals surface area contributed by atoms with Gasteiger partial charge in [-0.05, 0) is 12.0 Å². The van der Waals surface area contributed by atoms with Gasteiger partial charge in [-0.25, -0.2) is 5.10 Å². The molecule has 0 bridgehead atoms. The monoisotopic (exact) mass is 137 g/mol. The summed E-state index contributed by atoms with van der Waals surface area (Å²) in [4.78, 5) is 10.6. The maximum absolute atomic E-state index is 10.6. The van der Waals surface area contributed by atoms with Gasteiger partial charge in [0.15, 0.2) is 0 Å². The number of aromatic nitrogens is 2. The minimum Gasteiger partial charge on any atom is -0.268 e. The minimum absolute atomic E-state index is 0.151. The van der Waals surface area contributed by atoms with Crippen molar-refractivity contribution >= 4 is 0 Å². The van der Waals surface area contributed by atoms with E-state index in [1.54, 1.807) is 0 Å². The first-order valence-corrected chi connectivity index (χ1v) is 3.29. The predicted molar refractivity (Wildman–Crippen MR) is 37.7 cm³/mol. The molecule has 1 rings (SSSR count). The lowest BCUT2D eigenvalue weighted by atomic mass is 10.2. The summed E-state index contributed by atoms with van der Waals surface area (Å²) in [7, 11) is 0. The van der Waals surface area contributed by atoms with E-state index in [0.29, 0.717) is 0 Å². The first-order chi connectivity index (χ1) is 4.83. The second-order valence-electron chi connectivity index (χ2n) is 2.12. The maximum atomic E-state index is 10.6. The first kappa shape index (κ1) is 6.99. The van der Waals surface area contributed by atoms with Gasteiger partial charge >= 0.3 is 0 Å². The number of hydrogen-bond donors (Lipinski definition) is 1. The smallest absolute Gasteiger partial charge is 0.264 e. The number of nitrogens with one attached hydrogen (secondary N) is 1. The zero-order chi connectivity index (χ0) is 7.40. The van der Waals surface area contributed by atoms with Gasteiger partial charge in [0, 0.05) is 6.07 Å². The van der Waals surface area contributed by atoms with Gasteiger partial charge in [0.2, 0.25) is 0 Å². The molecule has 3 nitrogen and oxygen atoms in total. The lowest BCUT2D eigenvalue weighted by Crippen LogP contribution is -2.07. The van der Waals surface area contributed by atoms with Crippen molar-refractivity contribution in [2.24, 2.45) is 0 Å². The van der Waals surface area contributed by atoms with E-state index < -0.39 is 0 Å². The van der Waals surface area contributed by atoms with Crippen LogP contribution in [0.5, 0.6) is 0 Å². The molecule has 0 atom stereocenters. The maximum Gasteiger partial charge on any atom is 0.264 e. The van der Waals surface area contributed by atoms with Gasteiger partial charge in [-0.2, -0.15) is 5.10 Å². The van der Waals surface area contributed by atoms with Gasteiger partial charge in [-0.15, -0.1) is 0 Å². The molecule has 1 aromatic rings. The topological polar surface area (TPSA) is 45.8 Å². The highest BCUT2D eigenvalue weighted by Gasteiger charge is 1.91. The SMILES string of the molecule is CCCc1[c]n[nH]c(=O)c1. The third-order valence-corrected chi connectivity index (χ3v) is 1.19. The van der Waals surface area contributed by atoms with E-state index in [4.69, 9.17) is 0 Å². The Kier molecular flexibility index (Phi) is 2.20. The van der Waals surface area contributed by atoms with Crippen LogP contribution in [-0.2, 0) is 6.42 Å². The largest absolute Gasteiger partial charge is 0.268 e. The molecule has 0 aliphatic rings. The molecule has 53 valence electrons. The van der Waals surface area contributed by atoms with Crippen LogP contribution in [0.4, 0.5) is 0 Å². The van der Waals surface area contributed by atoms with Crippen LogP contribution in [0.2, 0.25) is 0 Å². The van der Waals surface area contributed by atoms with Crippen LogP contribution in [-0.4, -0.2) is 10.2 Å². The van der Waals surface area contributed by atoms with Gasteiger partial charge in [0.1, 0.15) is 6.20 Å². The molecule has 0 fully saturated rings. The molecule has 3 heteroatoms. The van der Waals surface area contributed by atoms with Crippen LogP contribution < -0.4 is 5.56 Å². The zero-order valence-corrected chi connectivity index (χ0v) is 5.85. The summed E-state index contributed by atoms with van der Waals surface area (Å²) in [5, 5.41) is 5.81. The van der Waals surface area contributed by atoms with E-state index in [1.165, 1.54) is 6.07 Å². The second-order valence-corrected chi connectivity index (χ2v) is 2.12. The van der Waals surface area contributed by atoms with Crippen molar-refractivity contribution in [2.75, 3.05) is 0 Å². The average Bonchev–Trinajstić information content (AvgIpc) is 1.88. The summed E-state index contributed by atoms with van der Waals surface area (Å²) < 4.78 is 0. The van der Waals surface area contributed by atoms with E-state index in [9.17, 15) is 4.79 Å². The van der Waals surface area contributed by atoms with Gasteiger partial charge in [0.25, 0.3) is 5.56 Å². The highest BCUT2D eigenvalue weighted by atomic mass is 16.1. The van der Waals surface area contributed by atoms with Crippen molar-refractivity contribution in [1.82, 2.24) is 10.2 Å². The summed E-state index contributed by atoms with van der Waals surface area (Å²) in [5.74, 6) is 0. The van der Waals surface area contributed by atoms with Crippen molar-refractivity contribution < 1.29 is 0 Å². The van der Waals surface area contributed by atoms with Crippen molar-refractivity contribution in [3.63, 3.8) is 0 Å². The van der Waals surface area contributed by atoms with E-state index in [1.807, 2.05) is 0 Å². The van der Waals surface area contributed by atoms with Gasteiger partial charge in [-0.1, -0.05) is 13.3 Å². The van der Waals surface area contributed by atoms with E-state index in [-0.39, 0.29) is 5.56 Å². The van der Waals surface area contributed by atoms with Gasteiger partial charge in [0.05, 0.1) is 0 Å². The van der Waals surface area contributed by atoms with Crippen LogP contribution in [0.1, 0.15) is 18.9 Å². The van der Waals surface area contributed by atoms with E-state index in [0.717, 1.165) is 18.4 Å². The van der Waals surface area contributed by atoms with E-state index in [2.05, 4.69) is 23.3 Å². The third kappa shape index (κ3) is 1.69. The Hall–Kier alpha value is -1.12. The van der Waals surface area contributed by atoms with Gasteiger partial charge in [-0.3, -0.25) is 4.79 Å². The summed E-state index contributed by atoms with van der Waals surface area (Å²) in [6.07, 6.45) is 4.59. The number of H-pyrrole nitrogens is 1. The van der Waals surface area contributed by atoms with Crippen LogP contribution in [0.15, 0.2) is 10.9 Å². The van der Waals surface area contributed by atoms with Crippen molar-refractivity contribution in [1.29, 1.82) is 0 Å². The summed E-state index contributed by atoms with van der Waals surface area (Å²) in [6.45, 7) is 2.05. The fourth-order valence-corrected chi connectivity index (χ4v) is 0.775. The molecule has 10 heavy (non-hydrogen) atoms. The number of aromatic amines is 1. The zero-order valence-electron chi connectivity index (χ0n) is 5.85. The number of nitrogens with zero attached hydrogens (tertiary/aromatic N) is 1. The molecule has 1 heterocycles. The number of hydrogen-bond acceptors (Lipinski definition) is 2. The van der Waals surface area contributed by atoms with Gasteiger partial charge < -0.3 is 0 Å². The fraction of sp³-hybridized carbons (Fsp3) is 0.429. The lowest BCUT2D eigenvalue weighted by molar-refractivity contribution is 0.875. The molecule has 0 spiro atoms. The Balaban J connectivity index is 2.85. The molecule has 1 radical (unpaired) electrons. The van der Waals surface area contributed by atoms with Crippen molar-refractivity contribution in [3.8, 4) is 0 Å². The molecule has 1 aromatic heterocycles. The molecule has 0 aromatic carbocycles. The van der Waals surface area contributed by atoms with Crippen molar-refractivity contribution in [3.05, 3.63) is 28.2 Å². The Morgan fingerprint density at radius 2 is 2.60 bits per heavy atom. The summed E-state index contributed by atoms with van der Waals surface area (Å²) in [5.41, 5.74) is 0.730. The van der Waals surface area contributed by atoms with Crippen LogP contribution in [0.25, 0.3) is 0 Å². The lowest BCUT2D eigenvalue weighted by Gasteiger charge is -1.91. The molecule has 0 aliphatic heterocycles. The predicted octanol–water partition coefficient (Wildman–Crippen LogP) is 0.523. The van der Waals surface area contributed by atoms with Crippen molar-refractivity contribution in [2.45, 2.75) is 19.8 Å². The quantitative estimate of drug-likeness (QED) is 0.646. The highest BCUT2D eigenvalue weighted by Crippen LogP contribution is 1.93. The normalized spacial score (nSPS) is 9.70. The van der Waals surface area contributed by atoms with E-state index >= 15 is 0 Å². The first-order valence-electron chi connectivity index (χ1n) is 3.29. The molecule has 0 aliphatic carbocycles. The Morgan fingerprint density at radius 1 is 1.80 bits per heavy atom. The molecule has 0 saturated heterocycles. The molecule has 0 saturated carbocycles. The Labute approximate surface area is 59.1 Å². The Bertz CT molecular complexity index is 254. The van der Waals surface area contributed by atoms with Crippen LogP contribution in [0.3, 0.4) is 0 Å². The summed E-state index contributed by atoms with van der Waals surface area (Å²) in [6, 6.07) is 1.52. The molecule has 0 amide bonds. The molecule has 1 N–H and O–H groups in total. The third-order valence-electron chi connectivity index (χ3n) is 1.19. The standard InChI is InChI=1S/C7H9N2O/c1-2-3-6-4-7(10)9-8-5-6/h4H,2-3H2,1H3,(H,9,10). The van der Waals surface area contributed by atoms with Crippen LogP contribution in [0, 0.1) is 6.20 Å². The average molecular weight is 137 g/mol. The Morgan fingerprint density at radius 3 is 3.20 bits per heavy atom. The molecular weight excluding hydrogens is 128 g/mol. The second kappa shape index (κ2) is 3.15. The highest BCUT2D eigenvalue weighted by molar-refractivity contribution is 5.03.